The van der Waals surface area contributed by atoms with E-state index >= 15 is 0 Å². The van der Waals surface area contributed by atoms with Gasteiger partial charge < -0.3 is 11.1 Å². The Morgan fingerprint density at radius 3 is 2.62 bits per heavy atom. The summed E-state index contributed by atoms with van der Waals surface area (Å²) < 4.78 is 0. The summed E-state index contributed by atoms with van der Waals surface area (Å²) in [6, 6.07) is 0. The first kappa shape index (κ1) is 9.96. The zero-order valence-corrected chi connectivity index (χ0v) is 8.18. The molecular formula is C10H16N2O. The molecular weight excluding hydrogens is 164 g/mol. The average molecular weight is 180 g/mol. The number of rotatable bonds is 2. The van der Waals surface area contributed by atoms with Gasteiger partial charge in [0.25, 0.3) is 0 Å². The smallest absolute Gasteiger partial charge is 0.137 e. The summed E-state index contributed by atoms with van der Waals surface area (Å²) in [4.78, 5) is 11.2. The number of nitrogens with one attached hydrogen (secondary N) is 1. The van der Waals surface area contributed by atoms with E-state index in [1.807, 2.05) is 13.8 Å². The van der Waals surface area contributed by atoms with Gasteiger partial charge in [-0.05, 0) is 17.9 Å². The molecule has 3 N–H and O–H groups in total. The molecule has 0 fully saturated rings. The van der Waals surface area contributed by atoms with E-state index in [9.17, 15) is 4.79 Å². The monoisotopic (exact) mass is 180 g/mol. The third kappa shape index (κ3) is 2.17. The van der Waals surface area contributed by atoms with E-state index in [0.717, 1.165) is 11.3 Å². The van der Waals surface area contributed by atoms with Crippen LogP contribution in [0, 0.1) is 11.3 Å². The molecule has 0 radical (unpaired) electrons. The fourth-order valence-corrected chi connectivity index (χ4v) is 1.44. The predicted molar refractivity (Wildman–Crippen MR) is 52.6 cm³/mol. The Balaban J connectivity index is 2.88. The Bertz CT molecular complexity index is 277. The summed E-state index contributed by atoms with van der Waals surface area (Å²) in [6.45, 7) is 3.89. The first-order chi connectivity index (χ1) is 6.02. The molecule has 0 unspecified atom stereocenters. The fraction of sp³-hybridized carbons (Fsp3) is 0.600. The lowest BCUT2D eigenvalue weighted by Crippen LogP contribution is -2.22. The minimum atomic E-state index is 0.152. The SMILES string of the molecule is CC(C)C(=N)C1=C(N)CCC(=O)C1. The van der Waals surface area contributed by atoms with E-state index in [1.54, 1.807) is 0 Å². The number of carbonyl (C=O) groups is 1. The van der Waals surface area contributed by atoms with Crippen molar-refractivity contribution in [2.45, 2.75) is 33.1 Å². The highest BCUT2D eigenvalue weighted by molar-refractivity contribution is 6.04. The molecule has 0 atom stereocenters. The van der Waals surface area contributed by atoms with Gasteiger partial charge in [0.05, 0.1) is 0 Å². The number of hydrogen-bond acceptors (Lipinski definition) is 3. The molecule has 1 aliphatic carbocycles. The fourth-order valence-electron chi connectivity index (χ4n) is 1.44. The summed E-state index contributed by atoms with van der Waals surface area (Å²) in [5, 5.41) is 7.77. The predicted octanol–water partition coefficient (Wildman–Crippen LogP) is 1.63. The molecule has 0 spiro atoms. The first-order valence-corrected chi connectivity index (χ1v) is 4.60. The molecule has 0 aromatic rings. The Morgan fingerprint density at radius 2 is 2.08 bits per heavy atom. The van der Waals surface area contributed by atoms with Gasteiger partial charge in [0.1, 0.15) is 5.78 Å². The van der Waals surface area contributed by atoms with Crippen LogP contribution < -0.4 is 5.73 Å². The van der Waals surface area contributed by atoms with Crippen molar-refractivity contribution in [3.63, 3.8) is 0 Å². The van der Waals surface area contributed by atoms with Crippen molar-refractivity contribution in [3.8, 4) is 0 Å². The van der Waals surface area contributed by atoms with Gasteiger partial charge in [-0.2, -0.15) is 0 Å². The Hall–Kier alpha value is -1.12. The molecule has 0 saturated carbocycles. The van der Waals surface area contributed by atoms with Crippen LogP contribution in [-0.2, 0) is 4.79 Å². The van der Waals surface area contributed by atoms with Crippen molar-refractivity contribution in [1.82, 2.24) is 0 Å². The van der Waals surface area contributed by atoms with E-state index < -0.39 is 0 Å². The van der Waals surface area contributed by atoms with Crippen molar-refractivity contribution in [3.05, 3.63) is 11.3 Å². The van der Waals surface area contributed by atoms with Crippen LogP contribution in [0.1, 0.15) is 33.1 Å². The highest BCUT2D eigenvalue weighted by Gasteiger charge is 2.20. The second-order valence-corrected chi connectivity index (χ2v) is 3.79. The lowest BCUT2D eigenvalue weighted by atomic mass is 9.88. The van der Waals surface area contributed by atoms with Crippen molar-refractivity contribution in [2.75, 3.05) is 0 Å². The number of Topliss-reactive ketones (excluding diaryl/α,β-unsaturated/α-hetero) is 1. The number of ketones is 1. The maximum Gasteiger partial charge on any atom is 0.137 e. The number of nitrogens with two attached hydrogens (primary N) is 1. The molecule has 0 heterocycles. The topological polar surface area (TPSA) is 66.9 Å². The van der Waals surface area contributed by atoms with Crippen LogP contribution in [-0.4, -0.2) is 11.5 Å². The Labute approximate surface area is 78.5 Å². The van der Waals surface area contributed by atoms with Crippen molar-refractivity contribution in [2.24, 2.45) is 11.7 Å². The van der Waals surface area contributed by atoms with Crippen LogP contribution in [0.15, 0.2) is 11.3 Å². The highest BCUT2D eigenvalue weighted by Crippen LogP contribution is 2.22. The molecule has 0 bridgehead atoms. The summed E-state index contributed by atoms with van der Waals surface area (Å²) >= 11 is 0. The third-order valence-electron chi connectivity index (χ3n) is 2.34. The molecule has 3 nitrogen and oxygen atoms in total. The second kappa shape index (κ2) is 3.73. The highest BCUT2D eigenvalue weighted by atomic mass is 16.1. The normalized spacial score (nSPS) is 18.2. The van der Waals surface area contributed by atoms with Crippen molar-refractivity contribution >= 4 is 11.5 Å². The molecule has 0 aromatic carbocycles. The van der Waals surface area contributed by atoms with Gasteiger partial charge in [-0.1, -0.05) is 13.8 Å². The van der Waals surface area contributed by atoms with E-state index in [-0.39, 0.29) is 11.7 Å². The van der Waals surface area contributed by atoms with Gasteiger partial charge in [0.15, 0.2) is 0 Å². The van der Waals surface area contributed by atoms with Crippen LogP contribution in [0.2, 0.25) is 0 Å². The Kier molecular flexibility index (Phi) is 2.86. The second-order valence-electron chi connectivity index (χ2n) is 3.79. The van der Waals surface area contributed by atoms with E-state index in [0.29, 0.717) is 25.0 Å². The van der Waals surface area contributed by atoms with E-state index in [4.69, 9.17) is 11.1 Å². The molecule has 0 aromatic heterocycles. The molecule has 13 heavy (non-hydrogen) atoms. The molecule has 0 saturated heterocycles. The number of carbonyl (C=O) groups excluding carboxylic acids is 1. The van der Waals surface area contributed by atoms with Crippen LogP contribution in [0.25, 0.3) is 0 Å². The summed E-state index contributed by atoms with van der Waals surface area (Å²) in [6.07, 6.45) is 1.53. The average Bonchev–Trinajstić information content (AvgIpc) is 2.08. The van der Waals surface area contributed by atoms with Crippen LogP contribution in [0.5, 0.6) is 0 Å². The quantitative estimate of drug-likeness (QED) is 0.634. The van der Waals surface area contributed by atoms with Crippen LogP contribution in [0.3, 0.4) is 0 Å². The third-order valence-corrected chi connectivity index (χ3v) is 2.34. The van der Waals surface area contributed by atoms with Gasteiger partial charge in [-0.3, -0.25) is 4.79 Å². The van der Waals surface area contributed by atoms with Crippen LogP contribution in [0.4, 0.5) is 0 Å². The molecule has 3 heteroatoms. The number of allylic oxidation sites excluding steroid dienone is 2. The minimum Gasteiger partial charge on any atom is -0.402 e. The van der Waals surface area contributed by atoms with E-state index in [1.165, 1.54) is 0 Å². The lowest BCUT2D eigenvalue weighted by molar-refractivity contribution is -0.118. The van der Waals surface area contributed by atoms with Crippen molar-refractivity contribution < 1.29 is 4.79 Å². The summed E-state index contributed by atoms with van der Waals surface area (Å²) in [7, 11) is 0. The maximum absolute atomic E-state index is 11.2. The van der Waals surface area contributed by atoms with Gasteiger partial charge >= 0.3 is 0 Å². The summed E-state index contributed by atoms with van der Waals surface area (Å²) in [5.41, 5.74) is 7.79. The molecule has 0 aliphatic heterocycles. The standard InChI is InChI=1S/C10H16N2O/c1-6(2)10(12)8-5-7(13)3-4-9(8)11/h6,12H,3-5,11H2,1-2H3. The zero-order valence-electron chi connectivity index (χ0n) is 8.18. The van der Waals surface area contributed by atoms with Gasteiger partial charge in [-0.25, -0.2) is 0 Å². The Morgan fingerprint density at radius 1 is 1.46 bits per heavy atom. The van der Waals surface area contributed by atoms with Gasteiger partial charge in [0.2, 0.25) is 0 Å². The van der Waals surface area contributed by atoms with Crippen LogP contribution >= 0.6 is 0 Å². The summed E-state index contributed by atoms with van der Waals surface area (Å²) in [5.74, 6) is 0.356. The van der Waals surface area contributed by atoms with Crippen molar-refractivity contribution in [1.29, 1.82) is 5.41 Å². The maximum atomic E-state index is 11.2. The zero-order chi connectivity index (χ0) is 10.0. The molecule has 72 valence electrons. The van der Waals surface area contributed by atoms with E-state index in [2.05, 4.69) is 0 Å². The molecule has 1 rings (SSSR count). The minimum absolute atomic E-state index is 0.152. The largest absolute Gasteiger partial charge is 0.402 e. The van der Waals surface area contributed by atoms with Gasteiger partial charge in [0, 0.05) is 24.3 Å². The number of hydrogen-bond donors (Lipinski definition) is 2. The molecule has 0 amide bonds. The lowest BCUT2D eigenvalue weighted by Gasteiger charge is -2.19. The van der Waals surface area contributed by atoms with Gasteiger partial charge in [-0.15, -0.1) is 0 Å². The first-order valence-electron chi connectivity index (χ1n) is 4.60. The molecule has 1 aliphatic rings.